The summed E-state index contributed by atoms with van der Waals surface area (Å²) >= 11 is 10.9. The number of nitrogens with two attached hydrogens (primary N) is 1. The summed E-state index contributed by atoms with van der Waals surface area (Å²) < 4.78 is 4.68. The number of halogens is 2. The number of Topliss-reactive ketones (excluding diaryl/α,β-unsaturated/α-hetero) is 1. The molecule has 0 aliphatic heterocycles. The second-order valence-corrected chi connectivity index (χ2v) is 4.03. The molecule has 0 bridgehead atoms. The van der Waals surface area contributed by atoms with Gasteiger partial charge >= 0.3 is 6.09 Å². The van der Waals surface area contributed by atoms with Gasteiger partial charge in [-0.1, -0.05) is 53.5 Å². The van der Waals surface area contributed by atoms with E-state index < -0.39 is 22.8 Å². The molecule has 1 unspecified atom stereocenters. The summed E-state index contributed by atoms with van der Waals surface area (Å²) in [5, 5.41) is 0. The van der Waals surface area contributed by atoms with Crippen LogP contribution in [0.3, 0.4) is 0 Å². The van der Waals surface area contributed by atoms with E-state index in [0.717, 1.165) is 0 Å². The average Bonchev–Trinajstić information content (AvgIpc) is 2.26. The van der Waals surface area contributed by atoms with Gasteiger partial charge in [-0.05, 0) is 0 Å². The Labute approximate surface area is 102 Å². The Morgan fingerprint density at radius 3 is 2.19 bits per heavy atom. The third kappa shape index (κ3) is 3.40. The molecular formula is C10H9Cl2NO3. The van der Waals surface area contributed by atoms with Crippen molar-refractivity contribution < 1.29 is 14.3 Å². The Morgan fingerprint density at radius 2 is 1.75 bits per heavy atom. The molecule has 0 aromatic heterocycles. The van der Waals surface area contributed by atoms with Crippen molar-refractivity contribution in [3.63, 3.8) is 0 Å². The van der Waals surface area contributed by atoms with Crippen LogP contribution in [0.25, 0.3) is 0 Å². The highest BCUT2D eigenvalue weighted by molar-refractivity contribution is 6.54. The van der Waals surface area contributed by atoms with Gasteiger partial charge in [0.1, 0.15) is 0 Å². The number of carbonyl (C=O) groups is 2. The van der Waals surface area contributed by atoms with Crippen LogP contribution >= 0.6 is 23.2 Å². The van der Waals surface area contributed by atoms with Crippen molar-refractivity contribution in [1.82, 2.24) is 0 Å². The SMILES string of the molecule is NC(=O)OC(C(=O)C(Cl)Cl)c1ccccc1. The summed E-state index contributed by atoms with van der Waals surface area (Å²) in [5.74, 6) is -0.631. The molecule has 0 spiro atoms. The molecule has 16 heavy (non-hydrogen) atoms. The normalized spacial score (nSPS) is 12.2. The molecule has 86 valence electrons. The highest BCUT2D eigenvalue weighted by Gasteiger charge is 2.28. The lowest BCUT2D eigenvalue weighted by Gasteiger charge is -2.15. The number of benzene rings is 1. The summed E-state index contributed by atoms with van der Waals surface area (Å²) in [7, 11) is 0. The number of rotatable bonds is 4. The molecule has 1 rings (SSSR count). The third-order valence-corrected chi connectivity index (χ3v) is 2.24. The fourth-order valence-corrected chi connectivity index (χ4v) is 1.38. The summed E-state index contributed by atoms with van der Waals surface area (Å²) in [5.41, 5.74) is 5.34. The van der Waals surface area contributed by atoms with E-state index in [4.69, 9.17) is 28.9 Å². The molecule has 0 aliphatic carbocycles. The van der Waals surface area contributed by atoms with Gasteiger partial charge in [-0.15, -0.1) is 0 Å². The van der Waals surface area contributed by atoms with Crippen LogP contribution in [0.1, 0.15) is 11.7 Å². The minimum atomic E-state index is -1.27. The number of ketones is 1. The number of alkyl halides is 2. The number of carbonyl (C=O) groups excluding carboxylic acids is 2. The van der Waals surface area contributed by atoms with Crippen molar-refractivity contribution in [2.45, 2.75) is 10.9 Å². The molecule has 1 atom stereocenters. The summed E-state index contributed by atoms with van der Waals surface area (Å²) in [6.07, 6.45) is -2.23. The molecule has 6 heteroatoms. The van der Waals surface area contributed by atoms with Crippen LogP contribution in [-0.4, -0.2) is 16.7 Å². The predicted molar refractivity (Wildman–Crippen MR) is 60.4 cm³/mol. The first kappa shape index (κ1) is 12.8. The quantitative estimate of drug-likeness (QED) is 0.845. The van der Waals surface area contributed by atoms with Crippen molar-refractivity contribution in [2.24, 2.45) is 5.73 Å². The van der Waals surface area contributed by atoms with E-state index in [0.29, 0.717) is 5.56 Å². The lowest BCUT2D eigenvalue weighted by Crippen LogP contribution is -2.26. The third-order valence-electron chi connectivity index (χ3n) is 1.81. The van der Waals surface area contributed by atoms with Gasteiger partial charge in [0, 0.05) is 5.56 Å². The Bertz CT molecular complexity index is 381. The standard InChI is InChI=1S/C10H9Cl2NO3/c11-9(12)7(14)8(16-10(13)15)6-4-2-1-3-5-6/h1-5,8-9H,(H2,13,15). The van der Waals surface area contributed by atoms with Crippen LogP contribution in [0.4, 0.5) is 4.79 Å². The van der Waals surface area contributed by atoms with Crippen LogP contribution in [0.15, 0.2) is 30.3 Å². The minimum Gasteiger partial charge on any atom is -0.433 e. The van der Waals surface area contributed by atoms with Crippen LogP contribution in [0.2, 0.25) is 0 Å². The smallest absolute Gasteiger partial charge is 0.405 e. The van der Waals surface area contributed by atoms with Crippen LogP contribution in [0.5, 0.6) is 0 Å². The number of hydrogen-bond donors (Lipinski definition) is 1. The van der Waals surface area contributed by atoms with Crippen molar-refractivity contribution in [3.05, 3.63) is 35.9 Å². The molecule has 0 radical (unpaired) electrons. The highest BCUT2D eigenvalue weighted by Crippen LogP contribution is 2.23. The molecule has 0 fully saturated rings. The van der Waals surface area contributed by atoms with E-state index in [1.165, 1.54) is 0 Å². The molecule has 1 aromatic carbocycles. The molecule has 2 N–H and O–H groups in total. The number of amides is 1. The topological polar surface area (TPSA) is 69.4 Å². The van der Waals surface area contributed by atoms with Crippen molar-refractivity contribution >= 4 is 35.1 Å². The van der Waals surface area contributed by atoms with Gasteiger partial charge < -0.3 is 10.5 Å². The monoisotopic (exact) mass is 261 g/mol. The van der Waals surface area contributed by atoms with E-state index in [2.05, 4.69) is 4.74 Å². The molecule has 4 nitrogen and oxygen atoms in total. The van der Waals surface area contributed by atoms with Crippen molar-refractivity contribution in [3.8, 4) is 0 Å². The van der Waals surface area contributed by atoms with E-state index >= 15 is 0 Å². The molecule has 0 saturated heterocycles. The van der Waals surface area contributed by atoms with Gasteiger partial charge in [0.25, 0.3) is 0 Å². The molecule has 0 heterocycles. The zero-order valence-electron chi connectivity index (χ0n) is 8.10. The van der Waals surface area contributed by atoms with Crippen LogP contribution < -0.4 is 5.73 Å². The molecule has 0 aliphatic rings. The molecule has 0 saturated carbocycles. The maximum Gasteiger partial charge on any atom is 0.405 e. The first-order chi connectivity index (χ1) is 7.52. The Hall–Kier alpha value is -1.26. The molecule has 1 aromatic rings. The Kier molecular flexibility index (Phi) is 4.58. The van der Waals surface area contributed by atoms with E-state index in [9.17, 15) is 9.59 Å². The fraction of sp³-hybridized carbons (Fsp3) is 0.200. The van der Waals surface area contributed by atoms with Crippen LogP contribution in [0, 0.1) is 0 Å². The Balaban J connectivity index is 2.96. The lowest BCUT2D eigenvalue weighted by molar-refractivity contribution is -0.125. The van der Waals surface area contributed by atoms with E-state index in [1.807, 2.05) is 0 Å². The zero-order chi connectivity index (χ0) is 12.1. The lowest BCUT2D eigenvalue weighted by atomic mass is 10.1. The van der Waals surface area contributed by atoms with Gasteiger partial charge in [0.2, 0.25) is 5.78 Å². The summed E-state index contributed by atoms with van der Waals surface area (Å²) in [4.78, 5) is 21.0. The van der Waals surface area contributed by atoms with Gasteiger partial charge in [-0.25, -0.2) is 4.79 Å². The first-order valence-electron chi connectivity index (χ1n) is 4.35. The minimum absolute atomic E-state index is 0.470. The van der Waals surface area contributed by atoms with Gasteiger partial charge in [0.05, 0.1) is 0 Å². The van der Waals surface area contributed by atoms with Crippen molar-refractivity contribution in [1.29, 1.82) is 0 Å². The van der Waals surface area contributed by atoms with E-state index in [-0.39, 0.29) is 0 Å². The second-order valence-electron chi connectivity index (χ2n) is 2.93. The summed E-state index contributed by atoms with van der Waals surface area (Å²) in [6.45, 7) is 0. The predicted octanol–water partition coefficient (Wildman–Crippen LogP) is 2.20. The maximum absolute atomic E-state index is 11.6. The van der Waals surface area contributed by atoms with Gasteiger partial charge in [-0.2, -0.15) is 0 Å². The molecular weight excluding hydrogens is 253 g/mol. The largest absolute Gasteiger partial charge is 0.433 e. The first-order valence-corrected chi connectivity index (χ1v) is 5.22. The number of hydrogen-bond acceptors (Lipinski definition) is 3. The summed E-state index contributed by atoms with van der Waals surface area (Å²) in [6, 6.07) is 8.37. The number of ether oxygens (including phenoxy) is 1. The second kappa shape index (κ2) is 5.72. The molecule has 1 amide bonds. The zero-order valence-corrected chi connectivity index (χ0v) is 9.61. The maximum atomic E-state index is 11.6. The Morgan fingerprint density at radius 1 is 1.19 bits per heavy atom. The van der Waals surface area contributed by atoms with Gasteiger partial charge in [-0.3, -0.25) is 4.79 Å². The fourth-order valence-electron chi connectivity index (χ4n) is 1.15. The van der Waals surface area contributed by atoms with E-state index in [1.54, 1.807) is 30.3 Å². The van der Waals surface area contributed by atoms with Crippen molar-refractivity contribution in [2.75, 3.05) is 0 Å². The van der Waals surface area contributed by atoms with Gasteiger partial charge in [0.15, 0.2) is 10.9 Å². The van der Waals surface area contributed by atoms with Crippen LogP contribution in [-0.2, 0) is 9.53 Å². The average molecular weight is 262 g/mol. The highest BCUT2D eigenvalue weighted by atomic mass is 35.5. The number of primary amides is 1.